The molecule has 7 nitrogen and oxygen atoms in total. The lowest BCUT2D eigenvalue weighted by atomic mass is 10.1. The van der Waals surface area contributed by atoms with Crippen LogP contribution in [0.2, 0.25) is 0 Å². The molecule has 1 N–H and O–H groups in total. The number of hydrogen-bond donors (Lipinski definition) is 1. The number of aromatic amines is 1. The molecule has 0 aliphatic carbocycles. The minimum atomic E-state index is 0.525. The van der Waals surface area contributed by atoms with Crippen LogP contribution < -0.4 is 14.5 Å². The summed E-state index contributed by atoms with van der Waals surface area (Å²) in [6, 6.07) is 18.0. The summed E-state index contributed by atoms with van der Waals surface area (Å²) in [5.74, 6) is 1.48. The Morgan fingerprint density at radius 3 is 2.38 bits per heavy atom. The molecule has 1 aliphatic heterocycles. The van der Waals surface area contributed by atoms with Gasteiger partial charge in [0, 0.05) is 37.4 Å². The number of benzene rings is 2. The van der Waals surface area contributed by atoms with E-state index in [0.29, 0.717) is 23.8 Å². The Morgan fingerprint density at radius 2 is 1.72 bits per heavy atom. The van der Waals surface area contributed by atoms with Crippen LogP contribution in [0.5, 0.6) is 5.75 Å². The molecule has 0 radical (unpaired) electrons. The zero-order valence-corrected chi connectivity index (χ0v) is 16.3. The Hall–Kier alpha value is -3.57. The molecule has 3 aromatic rings. The van der Waals surface area contributed by atoms with E-state index in [1.807, 2.05) is 37.3 Å². The highest BCUT2D eigenvalue weighted by atomic mass is 16.5. The molecule has 29 heavy (non-hydrogen) atoms. The lowest BCUT2D eigenvalue weighted by Crippen LogP contribution is -2.46. The van der Waals surface area contributed by atoms with Crippen LogP contribution in [0.1, 0.15) is 6.92 Å². The predicted molar refractivity (Wildman–Crippen MR) is 114 cm³/mol. The van der Waals surface area contributed by atoms with Gasteiger partial charge in [0.25, 0.3) is 0 Å². The first-order valence-electron chi connectivity index (χ1n) is 9.74. The zero-order valence-electron chi connectivity index (χ0n) is 16.3. The van der Waals surface area contributed by atoms with Crippen molar-refractivity contribution in [3.63, 3.8) is 0 Å². The van der Waals surface area contributed by atoms with E-state index in [2.05, 4.69) is 49.3 Å². The molecule has 7 heteroatoms. The highest BCUT2D eigenvalue weighted by Crippen LogP contribution is 2.37. The maximum Gasteiger partial charge on any atom is 0.240 e. The number of nitrogens with one attached hydrogen (secondary N) is 1. The van der Waals surface area contributed by atoms with Crippen LogP contribution in [-0.2, 0) is 4.79 Å². The van der Waals surface area contributed by atoms with Crippen LogP contribution in [0.15, 0.2) is 59.6 Å². The molecule has 0 spiro atoms. The number of ether oxygens (including phenoxy) is 1. The standard InChI is InChI=1S/C22H23N5O2/c1-2-29-19-10-8-17(9-11-19)20-21(23-16-28)22(25-24-20)27-14-12-26(13-15-27)18-6-4-3-5-7-18/h3-11H,2,12-15H2,1H3,(H,24,25). The van der Waals surface area contributed by atoms with Crippen LogP contribution in [0, 0.1) is 0 Å². The lowest BCUT2D eigenvalue weighted by molar-refractivity contribution is 0.340. The number of anilines is 2. The van der Waals surface area contributed by atoms with Crippen molar-refractivity contribution < 1.29 is 9.53 Å². The van der Waals surface area contributed by atoms with Gasteiger partial charge in [-0.05, 0) is 43.3 Å². The van der Waals surface area contributed by atoms with E-state index in [-0.39, 0.29) is 0 Å². The highest BCUT2D eigenvalue weighted by molar-refractivity contribution is 5.83. The summed E-state index contributed by atoms with van der Waals surface area (Å²) in [5, 5.41) is 7.52. The molecule has 0 bridgehead atoms. The maximum atomic E-state index is 11.1. The normalized spacial score (nSPS) is 13.8. The molecule has 0 amide bonds. The largest absolute Gasteiger partial charge is 0.494 e. The van der Waals surface area contributed by atoms with E-state index in [4.69, 9.17) is 4.74 Å². The number of H-pyrrole nitrogens is 1. The number of isocyanates is 1. The topological polar surface area (TPSA) is 73.8 Å². The lowest BCUT2D eigenvalue weighted by Gasteiger charge is -2.36. The monoisotopic (exact) mass is 389 g/mol. The zero-order chi connectivity index (χ0) is 20.1. The van der Waals surface area contributed by atoms with Crippen molar-refractivity contribution in [1.29, 1.82) is 0 Å². The molecule has 0 unspecified atom stereocenters. The first-order chi connectivity index (χ1) is 14.3. The molecule has 1 aromatic heterocycles. The van der Waals surface area contributed by atoms with Gasteiger partial charge in [-0.15, -0.1) is 0 Å². The Labute approximate surface area is 169 Å². The fourth-order valence-electron chi connectivity index (χ4n) is 3.60. The third kappa shape index (κ3) is 4.00. The average molecular weight is 389 g/mol. The van der Waals surface area contributed by atoms with E-state index in [0.717, 1.165) is 37.5 Å². The second-order valence-electron chi connectivity index (χ2n) is 6.74. The fourth-order valence-corrected chi connectivity index (χ4v) is 3.60. The van der Waals surface area contributed by atoms with Crippen LogP contribution in [0.3, 0.4) is 0 Å². The summed E-state index contributed by atoms with van der Waals surface area (Å²) in [6.45, 7) is 5.90. The van der Waals surface area contributed by atoms with Crippen LogP contribution in [-0.4, -0.2) is 49.1 Å². The van der Waals surface area contributed by atoms with E-state index in [1.165, 1.54) is 5.69 Å². The minimum Gasteiger partial charge on any atom is -0.494 e. The SMILES string of the molecule is CCOc1ccc(-c2[nH]nc(N3CCN(c4ccccc4)CC3)c2N=C=O)cc1. The molecule has 0 saturated carbocycles. The molecule has 2 aromatic carbocycles. The Bertz CT molecular complexity index is 986. The third-order valence-corrected chi connectivity index (χ3v) is 5.03. The first kappa shape index (κ1) is 18.8. The molecular formula is C22H23N5O2. The summed E-state index contributed by atoms with van der Waals surface area (Å²) < 4.78 is 5.50. The number of carbonyl (C=O) groups excluding carboxylic acids is 1. The van der Waals surface area contributed by atoms with Crippen LogP contribution in [0.25, 0.3) is 11.3 Å². The maximum absolute atomic E-state index is 11.1. The summed E-state index contributed by atoms with van der Waals surface area (Å²) >= 11 is 0. The van der Waals surface area contributed by atoms with Crippen molar-refractivity contribution in [1.82, 2.24) is 10.2 Å². The van der Waals surface area contributed by atoms with Gasteiger partial charge in [-0.2, -0.15) is 10.1 Å². The fraction of sp³-hybridized carbons (Fsp3) is 0.273. The minimum absolute atomic E-state index is 0.525. The van der Waals surface area contributed by atoms with Crippen molar-refractivity contribution in [2.24, 2.45) is 4.99 Å². The van der Waals surface area contributed by atoms with Gasteiger partial charge in [-0.25, -0.2) is 4.79 Å². The number of hydrogen-bond acceptors (Lipinski definition) is 6. The van der Waals surface area contributed by atoms with Crippen molar-refractivity contribution in [3.8, 4) is 17.0 Å². The number of aliphatic imine (C=N–C) groups is 1. The second-order valence-corrected chi connectivity index (χ2v) is 6.74. The molecule has 2 heterocycles. The smallest absolute Gasteiger partial charge is 0.240 e. The van der Waals surface area contributed by atoms with Gasteiger partial charge >= 0.3 is 0 Å². The van der Waals surface area contributed by atoms with Crippen LogP contribution in [0.4, 0.5) is 17.2 Å². The van der Waals surface area contributed by atoms with Crippen molar-refractivity contribution in [2.45, 2.75) is 6.92 Å². The van der Waals surface area contributed by atoms with E-state index >= 15 is 0 Å². The van der Waals surface area contributed by atoms with Gasteiger partial charge in [-0.1, -0.05) is 18.2 Å². The summed E-state index contributed by atoms with van der Waals surface area (Å²) in [6.07, 6.45) is 1.68. The first-order valence-corrected chi connectivity index (χ1v) is 9.74. The predicted octanol–water partition coefficient (Wildman–Crippen LogP) is 3.77. The van der Waals surface area contributed by atoms with E-state index in [9.17, 15) is 4.79 Å². The molecule has 1 saturated heterocycles. The Balaban J connectivity index is 1.55. The van der Waals surface area contributed by atoms with Gasteiger partial charge in [0.1, 0.15) is 11.4 Å². The van der Waals surface area contributed by atoms with Crippen LogP contribution >= 0.6 is 0 Å². The van der Waals surface area contributed by atoms with Gasteiger partial charge in [0.05, 0.1) is 12.3 Å². The summed E-state index contributed by atoms with van der Waals surface area (Å²) in [7, 11) is 0. The molecule has 1 aliphatic rings. The van der Waals surface area contributed by atoms with Crippen molar-refractivity contribution in [2.75, 3.05) is 42.6 Å². The van der Waals surface area contributed by atoms with E-state index < -0.39 is 0 Å². The highest BCUT2D eigenvalue weighted by Gasteiger charge is 2.24. The molecule has 4 rings (SSSR count). The number of piperazine rings is 1. The number of para-hydroxylation sites is 1. The number of aromatic nitrogens is 2. The number of rotatable bonds is 6. The summed E-state index contributed by atoms with van der Waals surface area (Å²) in [5.41, 5.74) is 3.34. The summed E-state index contributed by atoms with van der Waals surface area (Å²) in [4.78, 5) is 19.6. The second kappa shape index (κ2) is 8.63. The average Bonchev–Trinajstić information content (AvgIpc) is 3.19. The molecule has 1 fully saturated rings. The van der Waals surface area contributed by atoms with Crippen molar-refractivity contribution >= 4 is 23.3 Å². The number of nitrogens with zero attached hydrogens (tertiary/aromatic N) is 4. The third-order valence-electron chi connectivity index (χ3n) is 5.03. The van der Waals surface area contributed by atoms with Crippen molar-refractivity contribution in [3.05, 3.63) is 54.6 Å². The Kier molecular flexibility index (Phi) is 5.59. The molecular weight excluding hydrogens is 366 g/mol. The quantitative estimate of drug-likeness (QED) is 0.513. The van der Waals surface area contributed by atoms with Gasteiger partial charge < -0.3 is 14.5 Å². The van der Waals surface area contributed by atoms with Gasteiger partial charge in [0.2, 0.25) is 6.08 Å². The molecule has 148 valence electrons. The van der Waals surface area contributed by atoms with E-state index in [1.54, 1.807) is 6.08 Å². The van der Waals surface area contributed by atoms with Gasteiger partial charge in [0.15, 0.2) is 5.82 Å². The molecule has 0 atom stereocenters. The Morgan fingerprint density at radius 1 is 1.03 bits per heavy atom. The van der Waals surface area contributed by atoms with Gasteiger partial charge in [-0.3, -0.25) is 5.10 Å².